The SMILES string of the molecule is Cc1cccc(CCNc2ncc(C#N)c(N[C@@H]3CC[C@H](O)C(C)(C)C3)n2)n1. The summed E-state index contributed by atoms with van der Waals surface area (Å²) >= 11 is 0. The maximum atomic E-state index is 10.2. The van der Waals surface area contributed by atoms with Gasteiger partial charge < -0.3 is 15.7 Å². The number of rotatable bonds is 6. The molecule has 1 aliphatic carbocycles. The van der Waals surface area contributed by atoms with E-state index < -0.39 is 0 Å². The van der Waals surface area contributed by atoms with Crippen LogP contribution in [0.4, 0.5) is 11.8 Å². The van der Waals surface area contributed by atoms with Crippen molar-refractivity contribution in [3.05, 3.63) is 41.3 Å². The number of anilines is 2. The van der Waals surface area contributed by atoms with E-state index in [0.29, 0.717) is 23.9 Å². The second kappa shape index (κ2) is 8.53. The van der Waals surface area contributed by atoms with Crippen LogP contribution < -0.4 is 10.6 Å². The molecule has 28 heavy (non-hydrogen) atoms. The molecule has 0 spiro atoms. The minimum atomic E-state index is -0.293. The summed E-state index contributed by atoms with van der Waals surface area (Å²) in [6.07, 6.45) is 4.44. The first kappa shape index (κ1) is 20.0. The first-order valence-electron chi connectivity index (χ1n) is 9.75. The Labute approximate surface area is 166 Å². The molecule has 2 atom stereocenters. The van der Waals surface area contributed by atoms with Gasteiger partial charge in [0, 0.05) is 30.4 Å². The molecule has 148 valence electrons. The third kappa shape index (κ3) is 4.96. The maximum absolute atomic E-state index is 10.2. The molecule has 1 saturated carbocycles. The van der Waals surface area contributed by atoms with Gasteiger partial charge in [0.05, 0.1) is 12.3 Å². The van der Waals surface area contributed by atoms with E-state index in [1.54, 1.807) is 6.20 Å². The molecule has 7 heteroatoms. The molecule has 0 aliphatic heterocycles. The monoisotopic (exact) mass is 380 g/mol. The fourth-order valence-corrected chi connectivity index (χ4v) is 3.64. The topological polar surface area (TPSA) is 107 Å². The van der Waals surface area contributed by atoms with Crippen LogP contribution in [0.3, 0.4) is 0 Å². The van der Waals surface area contributed by atoms with Crippen LogP contribution in [0, 0.1) is 23.7 Å². The molecule has 0 unspecified atom stereocenters. The molecule has 7 nitrogen and oxygen atoms in total. The lowest BCUT2D eigenvalue weighted by molar-refractivity contribution is 0.00926. The van der Waals surface area contributed by atoms with E-state index >= 15 is 0 Å². The molecule has 0 bridgehead atoms. The van der Waals surface area contributed by atoms with Gasteiger partial charge in [0.25, 0.3) is 0 Å². The van der Waals surface area contributed by atoms with Crippen LogP contribution in [0.2, 0.25) is 0 Å². The highest BCUT2D eigenvalue weighted by atomic mass is 16.3. The predicted molar refractivity (Wildman–Crippen MR) is 109 cm³/mol. The average Bonchev–Trinajstić information content (AvgIpc) is 2.65. The summed E-state index contributed by atoms with van der Waals surface area (Å²) in [5.41, 5.74) is 2.29. The summed E-state index contributed by atoms with van der Waals surface area (Å²) in [6, 6.07) is 8.30. The molecule has 2 aromatic heterocycles. The van der Waals surface area contributed by atoms with Gasteiger partial charge in [-0.3, -0.25) is 4.98 Å². The van der Waals surface area contributed by atoms with Crippen LogP contribution in [0.25, 0.3) is 0 Å². The van der Waals surface area contributed by atoms with Crippen LogP contribution in [0.5, 0.6) is 0 Å². The number of aliphatic hydroxyl groups is 1. The third-order valence-electron chi connectivity index (χ3n) is 5.32. The van der Waals surface area contributed by atoms with Crippen molar-refractivity contribution in [1.29, 1.82) is 5.26 Å². The quantitative estimate of drug-likeness (QED) is 0.707. The standard InChI is InChI=1S/C21H28N6O/c1-14-5-4-6-16(25-14)9-10-23-20-24-13-15(12-22)19(27-20)26-17-7-8-18(28)21(2,3)11-17/h4-6,13,17-18,28H,7-11H2,1-3H3,(H2,23,24,26,27)/t17-,18+/m1/s1. The zero-order valence-corrected chi connectivity index (χ0v) is 16.7. The molecule has 1 fully saturated rings. The van der Waals surface area contributed by atoms with Gasteiger partial charge in [-0.2, -0.15) is 10.2 Å². The number of hydrogen-bond acceptors (Lipinski definition) is 7. The summed E-state index contributed by atoms with van der Waals surface area (Å²) in [6.45, 7) is 6.78. The molecule has 3 rings (SSSR count). The Balaban J connectivity index is 1.64. The Kier molecular flexibility index (Phi) is 6.10. The van der Waals surface area contributed by atoms with Crippen molar-refractivity contribution < 1.29 is 5.11 Å². The second-order valence-electron chi connectivity index (χ2n) is 8.14. The fourth-order valence-electron chi connectivity index (χ4n) is 3.64. The Hall–Kier alpha value is -2.72. The van der Waals surface area contributed by atoms with Gasteiger partial charge in [-0.15, -0.1) is 0 Å². The molecule has 0 amide bonds. The summed E-state index contributed by atoms with van der Waals surface area (Å²) in [7, 11) is 0. The highest BCUT2D eigenvalue weighted by Crippen LogP contribution is 2.36. The summed E-state index contributed by atoms with van der Waals surface area (Å²) in [5.74, 6) is 1.04. The van der Waals surface area contributed by atoms with Gasteiger partial charge in [-0.05, 0) is 43.7 Å². The maximum Gasteiger partial charge on any atom is 0.224 e. The molecule has 1 aliphatic rings. The normalized spacial score (nSPS) is 21.0. The van der Waals surface area contributed by atoms with Crippen molar-refractivity contribution in [3.63, 3.8) is 0 Å². The Morgan fingerprint density at radius 2 is 2.11 bits per heavy atom. The van der Waals surface area contributed by atoms with E-state index in [1.807, 2.05) is 25.1 Å². The number of hydrogen-bond donors (Lipinski definition) is 3. The summed E-state index contributed by atoms with van der Waals surface area (Å²) in [4.78, 5) is 13.3. The zero-order chi connectivity index (χ0) is 20.1. The number of pyridine rings is 1. The predicted octanol–water partition coefficient (Wildman–Crippen LogP) is 3.06. The first-order chi connectivity index (χ1) is 13.4. The second-order valence-corrected chi connectivity index (χ2v) is 8.14. The largest absolute Gasteiger partial charge is 0.393 e. The van der Waals surface area contributed by atoms with Crippen molar-refractivity contribution >= 4 is 11.8 Å². The van der Waals surface area contributed by atoms with Crippen molar-refractivity contribution in [2.24, 2.45) is 5.41 Å². The number of nitrogens with one attached hydrogen (secondary N) is 2. The molecule has 3 N–H and O–H groups in total. The number of nitriles is 1. The van der Waals surface area contributed by atoms with Crippen molar-refractivity contribution in [3.8, 4) is 6.07 Å². The number of aromatic nitrogens is 3. The lowest BCUT2D eigenvalue weighted by atomic mass is 9.73. The first-order valence-corrected chi connectivity index (χ1v) is 9.75. The van der Waals surface area contributed by atoms with Crippen LogP contribution in [-0.4, -0.2) is 38.7 Å². The van der Waals surface area contributed by atoms with E-state index in [1.165, 1.54) is 0 Å². The van der Waals surface area contributed by atoms with Crippen molar-refractivity contribution in [2.45, 2.75) is 58.6 Å². The lowest BCUT2D eigenvalue weighted by Gasteiger charge is -2.40. The molecule has 0 radical (unpaired) electrons. The van der Waals surface area contributed by atoms with Crippen LogP contribution in [-0.2, 0) is 6.42 Å². The highest BCUT2D eigenvalue weighted by Gasteiger charge is 2.35. The third-order valence-corrected chi connectivity index (χ3v) is 5.32. The molecular formula is C21H28N6O. The Bertz CT molecular complexity index is 860. The Morgan fingerprint density at radius 1 is 1.29 bits per heavy atom. The smallest absolute Gasteiger partial charge is 0.224 e. The van der Waals surface area contributed by atoms with E-state index in [4.69, 9.17) is 0 Å². The number of nitrogens with zero attached hydrogens (tertiary/aromatic N) is 4. The van der Waals surface area contributed by atoms with Gasteiger partial charge in [0.2, 0.25) is 5.95 Å². The molecule has 2 heterocycles. The Morgan fingerprint density at radius 3 is 2.82 bits per heavy atom. The molecule has 0 aromatic carbocycles. The van der Waals surface area contributed by atoms with E-state index in [2.05, 4.69) is 45.5 Å². The van der Waals surface area contributed by atoms with Gasteiger partial charge >= 0.3 is 0 Å². The van der Waals surface area contributed by atoms with Gasteiger partial charge in [-0.25, -0.2) is 4.98 Å². The van der Waals surface area contributed by atoms with Crippen LogP contribution in [0.15, 0.2) is 24.4 Å². The molecule has 0 saturated heterocycles. The summed E-state index contributed by atoms with van der Waals surface area (Å²) in [5, 5.41) is 26.2. The minimum absolute atomic E-state index is 0.155. The van der Waals surface area contributed by atoms with E-state index in [-0.39, 0.29) is 17.6 Å². The highest BCUT2D eigenvalue weighted by molar-refractivity contribution is 5.54. The van der Waals surface area contributed by atoms with E-state index in [9.17, 15) is 10.4 Å². The fraction of sp³-hybridized carbons (Fsp3) is 0.524. The van der Waals surface area contributed by atoms with E-state index in [0.717, 1.165) is 37.1 Å². The van der Waals surface area contributed by atoms with Crippen LogP contribution in [0.1, 0.15) is 50.1 Å². The van der Waals surface area contributed by atoms with Crippen molar-refractivity contribution in [2.75, 3.05) is 17.2 Å². The van der Waals surface area contributed by atoms with Gasteiger partial charge in [-0.1, -0.05) is 19.9 Å². The lowest BCUT2D eigenvalue weighted by Crippen LogP contribution is -2.41. The molecular weight excluding hydrogens is 352 g/mol. The van der Waals surface area contributed by atoms with Crippen LogP contribution >= 0.6 is 0 Å². The number of aryl methyl sites for hydroxylation is 1. The molecule has 2 aromatic rings. The van der Waals surface area contributed by atoms with Crippen molar-refractivity contribution in [1.82, 2.24) is 15.0 Å². The number of aliphatic hydroxyl groups excluding tert-OH is 1. The van der Waals surface area contributed by atoms with Gasteiger partial charge in [0.1, 0.15) is 17.5 Å². The minimum Gasteiger partial charge on any atom is -0.393 e. The van der Waals surface area contributed by atoms with Gasteiger partial charge in [0.15, 0.2) is 0 Å². The summed E-state index contributed by atoms with van der Waals surface area (Å²) < 4.78 is 0. The average molecular weight is 380 g/mol. The zero-order valence-electron chi connectivity index (χ0n) is 16.7.